The summed E-state index contributed by atoms with van der Waals surface area (Å²) in [6.45, 7) is 9.19. The number of carbonyl (C=O) groups excluding carboxylic acids is 2. The molecular weight excluding hydrogens is 290 g/mol. The zero-order valence-corrected chi connectivity index (χ0v) is 14.4. The lowest BCUT2D eigenvalue weighted by molar-refractivity contribution is -0.129. The van der Waals surface area contributed by atoms with Gasteiger partial charge >= 0.3 is 6.03 Å². The maximum Gasteiger partial charge on any atom is 0.324 e. The summed E-state index contributed by atoms with van der Waals surface area (Å²) >= 11 is 0. The third kappa shape index (κ3) is 4.10. The standard InChI is InChI=1S/C18H27N3O2/c1-5-14-6-8-15(9-7-14)16(12(2)3)20-13(4)17(22)21-11-10-19-18(21)23/h6-9,12-13,16,20H,5,10-11H2,1-4H3,(H,19,23)/t13-,16-/m1/s1. The third-order valence-electron chi connectivity index (χ3n) is 4.34. The third-order valence-corrected chi connectivity index (χ3v) is 4.34. The van der Waals surface area contributed by atoms with Crippen molar-refractivity contribution in [1.82, 2.24) is 15.5 Å². The van der Waals surface area contributed by atoms with Gasteiger partial charge in [0, 0.05) is 19.1 Å². The van der Waals surface area contributed by atoms with Crippen molar-refractivity contribution in [2.75, 3.05) is 13.1 Å². The van der Waals surface area contributed by atoms with E-state index < -0.39 is 6.04 Å². The molecule has 1 aromatic carbocycles. The van der Waals surface area contributed by atoms with Crippen LogP contribution in [0.2, 0.25) is 0 Å². The summed E-state index contributed by atoms with van der Waals surface area (Å²) in [5, 5.41) is 6.06. The van der Waals surface area contributed by atoms with Crippen LogP contribution < -0.4 is 10.6 Å². The average Bonchev–Trinajstić information content (AvgIpc) is 2.97. The maximum atomic E-state index is 12.4. The molecule has 0 radical (unpaired) electrons. The highest BCUT2D eigenvalue weighted by Crippen LogP contribution is 2.23. The zero-order valence-electron chi connectivity index (χ0n) is 14.4. The second kappa shape index (κ2) is 7.59. The SMILES string of the molecule is CCc1ccc([C@H](N[C@H](C)C(=O)N2CCNC2=O)C(C)C)cc1. The number of carbonyl (C=O) groups is 2. The first-order valence-corrected chi connectivity index (χ1v) is 8.38. The van der Waals surface area contributed by atoms with Crippen LogP contribution >= 0.6 is 0 Å². The fourth-order valence-corrected chi connectivity index (χ4v) is 2.89. The molecule has 1 aliphatic heterocycles. The van der Waals surface area contributed by atoms with Gasteiger partial charge in [-0.15, -0.1) is 0 Å². The predicted octanol–water partition coefficient (Wildman–Crippen LogP) is 2.48. The molecular formula is C18H27N3O2. The van der Waals surface area contributed by atoms with Gasteiger partial charge in [-0.05, 0) is 30.4 Å². The molecule has 23 heavy (non-hydrogen) atoms. The van der Waals surface area contributed by atoms with Crippen LogP contribution in [0.15, 0.2) is 24.3 Å². The van der Waals surface area contributed by atoms with Gasteiger partial charge in [0.2, 0.25) is 5.91 Å². The van der Waals surface area contributed by atoms with Gasteiger partial charge in [-0.1, -0.05) is 45.0 Å². The lowest BCUT2D eigenvalue weighted by Gasteiger charge is -2.28. The van der Waals surface area contributed by atoms with E-state index in [1.54, 1.807) is 0 Å². The molecule has 0 spiro atoms. The Bertz CT molecular complexity index is 554. The molecule has 0 saturated carbocycles. The summed E-state index contributed by atoms with van der Waals surface area (Å²) < 4.78 is 0. The van der Waals surface area contributed by atoms with Crippen molar-refractivity contribution in [3.63, 3.8) is 0 Å². The van der Waals surface area contributed by atoms with Crippen LogP contribution in [0.5, 0.6) is 0 Å². The van der Waals surface area contributed by atoms with Crippen molar-refractivity contribution in [3.8, 4) is 0 Å². The minimum absolute atomic E-state index is 0.0746. The minimum Gasteiger partial charge on any atom is -0.336 e. The van der Waals surface area contributed by atoms with Crippen LogP contribution in [-0.4, -0.2) is 36.0 Å². The van der Waals surface area contributed by atoms with Crippen LogP contribution in [0, 0.1) is 5.92 Å². The molecule has 1 heterocycles. The fraction of sp³-hybridized carbons (Fsp3) is 0.556. The number of aryl methyl sites for hydroxylation is 1. The van der Waals surface area contributed by atoms with Crippen LogP contribution in [0.25, 0.3) is 0 Å². The van der Waals surface area contributed by atoms with Crippen LogP contribution in [0.4, 0.5) is 4.79 Å². The Kier molecular flexibility index (Phi) is 5.77. The molecule has 2 rings (SSSR count). The average molecular weight is 317 g/mol. The minimum atomic E-state index is -0.405. The number of rotatable bonds is 6. The van der Waals surface area contributed by atoms with Crippen molar-refractivity contribution in [2.24, 2.45) is 5.92 Å². The van der Waals surface area contributed by atoms with E-state index in [0.717, 1.165) is 6.42 Å². The number of hydrogen-bond acceptors (Lipinski definition) is 3. The van der Waals surface area contributed by atoms with E-state index >= 15 is 0 Å². The highest BCUT2D eigenvalue weighted by Gasteiger charge is 2.31. The molecule has 1 aliphatic rings. The molecule has 1 saturated heterocycles. The molecule has 0 aromatic heterocycles. The van der Waals surface area contributed by atoms with Gasteiger partial charge in [0.05, 0.1) is 6.04 Å². The van der Waals surface area contributed by atoms with E-state index in [9.17, 15) is 9.59 Å². The first kappa shape index (κ1) is 17.5. The van der Waals surface area contributed by atoms with E-state index in [0.29, 0.717) is 19.0 Å². The normalized spacial score (nSPS) is 17.3. The van der Waals surface area contributed by atoms with Crippen molar-refractivity contribution in [1.29, 1.82) is 0 Å². The number of imide groups is 1. The lowest BCUT2D eigenvalue weighted by Crippen LogP contribution is -2.47. The molecule has 0 aliphatic carbocycles. The van der Waals surface area contributed by atoms with Gasteiger partial charge in [0.15, 0.2) is 0 Å². The quantitative estimate of drug-likeness (QED) is 0.847. The molecule has 2 N–H and O–H groups in total. The van der Waals surface area contributed by atoms with Gasteiger partial charge in [-0.3, -0.25) is 15.0 Å². The smallest absolute Gasteiger partial charge is 0.324 e. The molecule has 2 atom stereocenters. The second-order valence-corrected chi connectivity index (χ2v) is 6.43. The molecule has 126 valence electrons. The van der Waals surface area contributed by atoms with E-state index in [4.69, 9.17) is 0 Å². The zero-order chi connectivity index (χ0) is 17.0. The molecule has 1 aromatic rings. The van der Waals surface area contributed by atoms with Crippen molar-refractivity contribution >= 4 is 11.9 Å². The lowest BCUT2D eigenvalue weighted by atomic mass is 9.94. The van der Waals surface area contributed by atoms with Gasteiger partial charge in [-0.25, -0.2) is 4.79 Å². The number of hydrogen-bond donors (Lipinski definition) is 2. The van der Waals surface area contributed by atoms with Gasteiger partial charge < -0.3 is 5.32 Å². The van der Waals surface area contributed by atoms with E-state index in [2.05, 4.69) is 55.7 Å². The monoisotopic (exact) mass is 317 g/mol. The Morgan fingerprint density at radius 3 is 2.39 bits per heavy atom. The first-order valence-electron chi connectivity index (χ1n) is 8.38. The predicted molar refractivity (Wildman–Crippen MR) is 91.1 cm³/mol. The Morgan fingerprint density at radius 2 is 1.91 bits per heavy atom. The van der Waals surface area contributed by atoms with Crippen molar-refractivity contribution in [2.45, 2.75) is 46.2 Å². The summed E-state index contributed by atoms with van der Waals surface area (Å²) in [6, 6.07) is 7.88. The number of nitrogens with one attached hydrogen (secondary N) is 2. The first-order chi connectivity index (χ1) is 10.9. The van der Waals surface area contributed by atoms with Crippen LogP contribution in [0.1, 0.15) is 44.9 Å². The Balaban J connectivity index is 2.08. The molecule has 5 heteroatoms. The second-order valence-electron chi connectivity index (χ2n) is 6.43. The summed E-state index contributed by atoms with van der Waals surface area (Å²) in [5.41, 5.74) is 2.47. The highest BCUT2D eigenvalue weighted by atomic mass is 16.2. The molecule has 1 fully saturated rings. The fourth-order valence-electron chi connectivity index (χ4n) is 2.89. The maximum absolute atomic E-state index is 12.4. The Morgan fingerprint density at radius 1 is 1.26 bits per heavy atom. The van der Waals surface area contributed by atoms with Crippen LogP contribution in [-0.2, 0) is 11.2 Å². The van der Waals surface area contributed by atoms with Crippen molar-refractivity contribution in [3.05, 3.63) is 35.4 Å². The van der Waals surface area contributed by atoms with E-state index in [1.807, 2.05) is 6.92 Å². The molecule has 3 amide bonds. The largest absolute Gasteiger partial charge is 0.336 e. The number of amides is 3. The van der Waals surface area contributed by atoms with Gasteiger partial charge in [0.1, 0.15) is 0 Å². The Hall–Kier alpha value is -1.88. The number of benzene rings is 1. The van der Waals surface area contributed by atoms with E-state index in [-0.39, 0.29) is 18.0 Å². The molecule has 0 bridgehead atoms. The molecule has 0 unspecified atom stereocenters. The summed E-state index contributed by atoms with van der Waals surface area (Å²) in [6.07, 6.45) is 1.01. The molecule has 5 nitrogen and oxygen atoms in total. The van der Waals surface area contributed by atoms with Crippen molar-refractivity contribution < 1.29 is 9.59 Å². The number of nitrogens with zero attached hydrogens (tertiary/aromatic N) is 1. The number of urea groups is 1. The summed E-state index contributed by atoms with van der Waals surface area (Å²) in [5.74, 6) is 0.168. The summed E-state index contributed by atoms with van der Waals surface area (Å²) in [4.78, 5) is 25.4. The van der Waals surface area contributed by atoms with Gasteiger partial charge in [0.25, 0.3) is 0 Å². The van der Waals surface area contributed by atoms with E-state index in [1.165, 1.54) is 16.0 Å². The van der Waals surface area contributed by atoms with Crippen LogP contribution in [0.3, 0.4) is 0 Å². The van der Waals surface area contributed by atoms with Gasteiger partial charge in [-0.2, -0.15) is 0 Å². The Labute approximate surface area is 138 Å². The highest BCUT2D eigenvalue weighted by molar-refractivity contribution is 5.98. The summed E-state index contributed by atoms with van der Waals surface area (Å²) in [7, 11) is 0. The topological polar surface area (TPSA) is 61.4 Å².